The Morgan fingerprint density at radius 2 is 2.19 bits per heavy atom. The summed E-state index contributed by atoms with van der Waals surface area (Å²) >= 11 is 0. The molecule has 3 rings (SSSR count). The number of benzene rings is 1. The number of aryl methyl sites for hydroxylation is 1. The number of methoxy groups -OCH3 is 1. The maximum atomic E-state index is 12.6. The van der Waals surface area contributed by atoms with Gasteiger partial charge in [-0.3, -0.25) is 9.59 Å². The van der Waals surface area contributed by atoms with Crippen molar-refractivity contribution in [3.63, 3.8) is 0 Å². The number of nitrogens with zero attached hydrogens (tertiary/aromatic N) is 1. The summed E-state index contributed by atoms with van der Waals surface area (Å²) in [6, 6.07) is 9.17. The molecule has 7 nitrogen and oxygen atoms in total. The molecule has 0 bridgehead atoms. The molecule has 1 aromatic carbocycles. The Kier molecular flexibility index (Phi) is 5.36. The van der Waals surface area contributed by atoms with E-state index >= 15 is 0 Å². The van der Waals surface area contributed by atoms with Crippen LogP contribution in [-0.4, -0.2) is 37.0 Å². The van der Waals surface area contributed by atoms with Gasteiger partial charge in [0.25, 0.3) is 0 Å². The highest BCUT2D eigenvalue weighted by Gasteiger charge is 2.30. The van der Waals surface area contributed by atoms with Gasteiger partial charge in [-0.15, -0.1) is 0 Å². The third-order valence-electron chi connectivity index (χ3n) is 4.34. The van der Waals surface area contributed by atoms with E-state index in [1.165, 1.54) is 0 Å². The number of anilines is 2. The summed E-state index contributed by atoms with van der Waals surface area (Å²) in [5.41, 5.74) is 2.48. The smallest absolute Gasteiger partial charge is 0.228 e. The molecule has 2 aromatic rings. The largest absolute Gasteiger partial charge is 0.497 e. The van der Waals surface area contributed by atoms with Crippen LogP contribution in [-0.2, 0) is 9.59 Å². The Morgan fingerprint density at radius 1 is 1.35 bits per heavy atom. The summed E-state index contributed by atoms with van der Waals surface area (Å²) in [5, 5.41) is 8.88. The van der Waals surface area contributed by atoms with E-state index in [0.29, 0.717) is 24.5 Å². The van der Waals surface area contributed by atoms with Gasteiger partial charge in [0.15, 0.2) is 0 Å². The van der Waals surface area contributed by atoms with Crippen LogP contribution in [0.4, 0.5) is 11.5 Å². The molecular weight excluding hydrogens is 332 g/mol. The van der Waals surface area contributed by atoms with E-state index in [-0.39, 0.29) is 18.2 Å². The molecule has 0 saturated carbocycles. The van der Waals surface area contributed by atoms with Crippen molar-refractivity contribution in [1.82, 2.24) is 10.3 Å². The van der Waals surface area contributed by atoms with Crippen LogP contribution < -0.4 is 20.7 Å². The van der Waals surface area contributed by atoms with Crippen LogP contribution in [0, 0.1) is 6.92 Å². The lowest BCUT2D eigenvalue weighted by Gasteiger charge is -2.25. The Hall–Kier alpha value is -3.09. The number of hydrogen-bond donors (Lipinski definition) is 3. The lowest BCUT2D eigenvalue weighted by molar-refractivity contribution is -0.126. The zero-order valence-corrected chi connectivity index (χ0v) is 14.8. The number of ether oxygens (including phenoxy) is 1. The van der Waals surface area contributed by atoms with Gasteiger partial charge < -0.3 is 20.7 Å². The topological polar surface area (TPSA) is 92.3 Å². The second kappa shape index (κ2) is 7.86. The molecule has 7 heteroatoms. The molecule has 0 radical (unpaired) electrons. The average Bonchev–Trinajstić information content (AvgIpc) is 2.65. The monoisotopic (exact) mass is 354 g/mol. The number of amides is 2. The van der Waals surface area contributed by atoms with E-state index in [1.807, 2.05) is 19.1 Å². The Bertz CT molecular complexity index is 822. The molecule has 136 valence electrons. The molecule has 2 heterocycles. The fourth-order valence-electron chi connectivity index (χ4n) is 2.96. The highest BCUT2D eigenvalue weighted by atomic mass is 16.5. The van der Waals surface area contributed by atoms with E-state index in [2.05, 4.69) is 20.9 Å². The zero-order chi connectivity index (χ0) is 18.5. The average molecular weight is 354 g/mol. The van der Waals surface area contributed by atoms with Gasteiger partial charge in [-0.05, 0) is 42.3 Å². The minimum absolute atomic E-state index is 0.124. The molecule has 3 N–H and O–H groups in total. The van der Waals surface area contributed by atoms with E-state index in [1.54, 1.807) is 31.5 Å². The predicted molar refractivity (Wildman–Crippen MR) is 99.5 cm³/mol. The first-order valence-electron chi connectivity index (χ1n) is 8.49. The Labute approximate surface area is 152 Å². The van der Waals surface area contributed by atoms with Gasteiger partial charge in [-0.25, -0.2) is 4.98 Å². The van der Waals surface area contributed by atoms with Crippen molar-refractivity contribution in [3.8, 4) is 5.75 Å². The highest BCUT2D eigenvalue weighted by molar-refractivity contribution is 6.01. The third kappa shape index (κ3) is 3.93. The summed E-state index contributed by atoms with van der Waals surface area (Å²) in [5.74, 6) is 0.600. The molecule has 1 aliphatic rings. The maximum absolute atomic E-state index is 12.6. The minimum Gasteiger partial charge on any atom is -0.497 e. The van der Waals surface area contributed by atoms with Gasteiger partial charge in [0.1, 0.15) is 11.6 Å². The van der Waals surface area contributed by atoms with Gasteiger partial charge in [-0.1, -0.05) is 6.07 Å². The van der Waals surface area contributed by atoms with Gasteiger partial charge in [0.05, 0.1) is 13.0 Å². The molecule has 1 unspecified atom stereocenters. The molecule has 0 saturated heterocycles. The summed E-state index contributed by atoms with van der Waals surface area (Å²) in [7, 11) is 1.57. The van der Waals surface area contributed by atoms with Crippen molar-refractivity contribution in [2.75, 3.05) is 30.8 Å². The quantitative estimate of drug-likeness (QED) is 0.691. The predicted octanol–water partition coefficient (Wildman–Crippen LogP) is 2.05. The lowest BCUT2D eigenvalue weighted by Crippen LogP contribution is -2.37. The number of rotatable bonds is 6. The van der Waals surface area contributed by atoms with Crippen molar-refractivity contribution in [2.24, 2.45) is 0 Å². The van der Waals surface area contributed by atoms with Gasteiger partial charge in [-0.2, -0.15) is 0 Å². The number of pyridine rings is 1. The van der Waals surface area contributed by atoms with Gasteiger partial charge in [0, 0.05) is 31.4 Å². The summed E-state index contributed by atoms with van der Waals surface area (Å²) < 4.78 is 5.23. The van der Waals surface area contributed by atoms with E-state index < -0.39 is 5.92 Å². The van der Waals surface area contributed by atoms with Crippen molar-refractivity contribution >= 4 is 23.3 Å². The summed E-state index contributed by atoms with van der Waals surface area (Å²) in [6.07, 6.45) is 1.84. The molecule has 1 atom stereocenters. The van der Waals surface area contributed by atoms with Crippen molar-refractivity contribution in [1.29, 1.82) is 0 Å². The molecule has 2 amide bonds. The van der Waals surface area contributed by atoms with Crippen LogP contribution in [0.3, 0.4) is 0 Å². The van der Waals surface area contributed by atoms with Crippen LogP contribution in [0.1, 0.15) is 23.5 Å². The van der Waals surface area contributed by atoms with Gasteiger partial charge >= 0.3 is 0 Å². The highest BCUT2D eigenvalue weighted by Crippen LogP contribution is 2.34. The van der Waals surface area contributed by atoms with Crippen LogP contribution in [0.25, 0.3) is 0 Å². The number of hydrogen-bond acceptors (Lipinski definition) is 5. The molecule has 0 spiro atoms. The first-order valence-corrected chi connectivity index (χ1v) is 8.49. The minimum atomic E-state index is -0.523. The summed E-state index contributed by atoms with van der Waals surface area (Å²) in [6.45, 7) is 2.96. The Balaban J connectivity index is 1.61. The normalized spacial score (nSPS) is 15.6. The zero-order valence-electron chi connectivity index (χ0n) is 14.8. The van der Waals surface area contributed by atoms with Crippen molar-refractivity contribution in [3.05, 3.63) is 47.7 Å². The number of fused-ring (bicyclic) bond motifs is 1. The SMILES string of the molecule is COc1ccc2c(c1)C(C(=O)NCCNc1ncccc1C)CC(=O)N2. The van der Waals surface area contributed by atoms with Crippen molar-refractivity contribution < 1.29 is 14.3 Å². The molecule has 1 aromatic heterocycles. The number of carbonyl (C=O) groups is 2. The maximum Gasteiger partial charge on any atom is 0.228 e. The van der Waals surface area contributed by atoms with Crippen LogP contribution in [0.2, 0.25) is 0 Å². The van der Waals surface area contributed by atoms with E-state index in [9.17, 15) is 9.59 Å². The van der Waals surface area contributed by atoms with Gasteiger partial charge in [0.2, 0.25) is 11.8 Å². The molecule has 1 aliphatic heterocycles. The first-order chi connectivity index (χ1) is 12.6. The number of carbonyl (C=O) groups excluding carboxylic acids is 2. The molecule has 0 fully saturated rings. The number of nitrogens with one attached hydrogen (secondary N) is 3. The van der Waals surface area contributed by atoms with E-state index in [4.69, 9.17) is 4.74 Å². The lowest BCUT2D eigenvalue weighted by atomic mass is 9.89. The second-order valence-corrected chi connectivity index (χ2v) is 6.14. The van der Waals surface area contributed by atoms with Crippen LogP contribution >= 0.6 is 0 Å². The third-order valence-corrected chi connectivity index (χ3v) is 4.34. The second-order valence-electron chi connectivity index (χ2n) is 6.14. The van der Waals surface area contributed by atoms with Crippen LogP contribution in [0.15, 0.2) is 36.5 Å². The van der Waals surface area contributed by atoms with E-state index in [0.717, 1.165) is 16.9 Å². The summed E-state index contributed by atoms with van der Waals surface area (Å²) in [4.78, 5) is 28.8. The fourth-order valence-corrected chi connectivity index (χ4v) is 2.96. The van der Waals surface area contributed by atoms with Crippen LogP contribution in [0.5, 0.6) is 5.75 Å². The fraction of sp³-hybridized carbons (Fsp3) is 0.316. The molecule has 0 aliphatic carbocycles. The molecular formula is C19H22N4O3. The standard InChI is InChI=1S/C19H22N4O3/c1-12-4-3-7-20-18(12)21-8-9-22-19(25)15-11-17(24)23-16-6-5-13(26-2)10-14(15)16/h3-7,10,15H,8-9,11H2,1-2H3,(H,20,21)(H,22,25)(H,23,24). The number of aromatic nitrogens is 1. The van der Waals surface area contributed by atoms with Crippen molar-refractivity contribution in [2.45, 2.75) is 19.3 Å². The molecule has 26 heavy (non-hydrogen) atoms. The Morgan fingerprint density at radius 3 is 2.96 bits per heavy atom. The first kappa shape index (κ1) is 17.7.